The van der Waals surface area contributed by atoms with Crippen LogP contribution in [-0.4, -0.2) is 27.9 Å². The van der Waals surface area contributed by atoms with E-state index in [2.05, 4.69) is 18.9 Å². The highest BCUT2D eigenvalue weighted by Gasteiger charge is 1.97. The molecule has 0 aliphatic heterocycles. The van der Waals surface area contributed by atoms with Crippen molar-refractivity contribution in [2.24, 2.45) is 0 Å². The normalized spacial score (nSPS) is 10.4. The van der Waals surface area contributed by atoms with Gasteiger partial charge in [-0.25, -0.2) is 0 Å². The third-order valence-electron chi connectivity index (χ3n) is 1.84. The first-order valence-corrected chi connectivity index (χ1v) is 6.25. The number of nitrogens with zero attached hydrogens (tertiary/aromatic N) is 2. The second-order valence-corrected chi connectivity index (χ2v) is 4.32. The van der Waals surface area contributed by atoms with E-state index < -0.39 is 0 Å². The minimum atomic E-state index is 0.794. The van der Waals surface area contributed by atoms with Crippen LogP contribution in [0.25, 0.3) is 0 Å². The predicted octanol–water partition coefficient (Wildman–Crippen LogP) is 2.43. The third-order valence-corrected chi connectivity index (χ3v) is 2.83. The van der Waals surface area contributed by atoms with Gasteiger partial charge in [-0.2, -0.15) is 16.9 Å². The molecule has 4 heteroatoms. The third kappa shape index (κ3) is 4.05. The Morgan fingerprint density at radius 2 is 2.36 bits per heavy atom. The zero-order valence-corrected chi connectivity index (χ0v) is 9.72. The van der Waals surface area contributed by atoms with Crippen molar-refractivity contribution in [2.45, 2.75) is 26.8 Å². The van der Waals surface area contributed by atoms with Gasteiger partial charge in [-0.3, -0.25) is 4.68 Å². The molecule has 0 aliphatic rings. The number of rotatable bonds is 7. The first-order valence-electron chi connectivity index (χ1n) is 5.09. The van der Waals surface area contributed by atoms with Gasteiger partial charge in [-0.05, 0) is 24.9 Å². The maximum Gasteiger partial charge on any atom is 0.157 e. The molecule has 0 saturated heterocycles. The molecule has 3 nitrogen and oxygen atoms in total. The topological polar surface area (TPSA) is 27.1 Å². The Hall–Kier alpha value is -0.640. The second kappa shape index (κ2) is 6.76. The lowest BCUT2D eigenvalue weighted by Gasteiger charge is -2.01. The fourth-order valence-electron chi connectivity index (χ4n) is 1.09. The van der Waals surface area contributed by atoms with Gasteiger partial charge in [-0.15, -0.1) is 0 Å². The summed E-state index contributed by atoms with van der Waals surface area (Å²) in [6.45, 7) is 5.93. The van der Waals surface area contributed by atoms with Crippen molar-refractivity contribution in [3.8, 4) is 5.75 Å². The number of hydrogen-bond acceptors (Lipinski definition) is 3. The van der Waals surface area contributed by atoms with Crippen molar-refractivity contribution in [1.29, 1.82) is 0 Å². The molecule has 80 valence electrons. The highest BCUT2D eigenvalue weighted by atomic mass is 32.2. The van der Waals surface area contributed by atoms with Gasteiger partial charge in [0.25, 0.3) is 0 Å². The zero-order valence-electron chi connectivity index (χ0n) is 8.90. The summed E-state index contributed by atoms with van der Waals surface area (Å²) in [5.41, 5.74) is 0. The highest BCUT2D eigenvalue weighted by molar-refractivity contribution is 7.99. The molecular formula is C10H18N2OS. The summed E-state index contributed by atoms with van der Waals surface area (Å²) in [5, 5.41) is 4.14. The molecule has 0 N–H and O–H groups in total. The van der Waals surface area contributed by atoms with Crippen molar-refractivity contribution in [1.82, 2.24) is 9.78 Å². The van der Waals surface area contributed by atoms with E-state index in [-0.39, 0.29) is 0 Å². The van der Waals surface area contributed by atoms with Crippen molar-refractivity contribution in [3.63, 3.8) is 0 Å². The summed E-state index contributed by atoms with van der Waals surface area (Å²) in [7, 11) is 0. The quantitative estimate of drug-likeness (QED) is 0.652. The number of ether oxygens (including phenoxy) is 1. The van der Waals surface area contributed by atoms with Crippen molar-refractivity contribution < 1.29 is 4.74 Å². The van der Waals surface area contributed by atoms with Crippen LogP contribution in [0.2, 0.25) is 0 Å². The van der Waals surface area contributed by atoms with Gasteiger partial charge in [-0.1, -0.05) is 6.92 Å². The van der Waals surface area contributed by atoms with E-state index in [1.54, 1.807) is 6.20 Å². The minimum Gasteiger partial charge on any atom is -0.490 e. The van der Waals surface area contributed by atoms with Crippen LogP contribution < -0.4 is 4.74 Å². The standard InChI is InChI=1S/C10H18N2OS/c1-3-12-9-10(8-11-12)13-6-5-7-14-4-2/h8-9H,3-7H2,1-2H3. The summed E-state index contributed by atoms with van der Waals surface area (Å²) >= 11 is 1.95. The molecule has 0 amide bonds. The van der Waals surface area contributed by atoms with Crippen LogP contribution in [0.4, 0.5) is 0 Å². The molecule has 1 heterocycles. The van der Waals surface area contributed by atoms with Crippen LogP contribution in [0.5, 0.6) is 5.75 Å². The number of hydrogen-bond donors (Lipinski definition) is 0. The number of aromatic nitrogens is 2. The van der Waals surface area contributed by atoms with Gasteiger partial charge < -0.3 is 4.74 Å². The van der Waals surface area contributed by atoms with Gasteiger partial charge in [0.1, 0.15) is 0 Å². The lowest BCUT2D eigenvalue weighted by molar-refractivity contribution is 0.318. The highest BCUT2D eigenvalue weighted by Crippen LogP contribution is 2.09. The van der Waals surface area contributed by atoms with Gasteiger partial charge in [0.05, 0.1) is 19.0 Å². The Kier molecular flexibility index (Phi) is 5.52. The van der Waals surface area contributed by atoms with Gasteiger partial charge >= 0.3 is 0 Å². The molecule has 1 aromatic heterocycles. The SMILES string of the molecule is CCSCCCOc1cnn(CC)c1. The first-order chi connectivity index (χ1) is 6.86. The van der Waals surface area contributed by atoms with Crippen LogP contribution in [0, 0.1) is 0 Å². The van der Waals surface area contributed by atoms with Crippen LogP contribution in [0.1, 0.15) is 20.3 Å². The first kappa shape index (κ1) is 11.4. The van der Waals surface area contributed by atoms with E-state index in [9.17, 15) is 0 Å². The van der Waals surface area contributed by atoms with Crippen LogP contribution >= 0.6 is 11.8 Å². The molecule has 0 bridgehead atoms. The number of thioether (sulfide) groups is 1. The Labute approximate surface area is 89.8 Å². The molecule has 0 unspecified atom stereocenters. The van der Waals surface area contributed by atoms with E-state index in [0.29, 0.717) is 0 Å². The minimum absolute atomic E-state index is 0.794. The van der Waals surface area contributed by atoms with Gasteiger partial charge in [0, 0.05) is 6.54 Å². The summed E-state index contributed by atoms with van der Waals surface area (Å²) in [6, 6.07) is 0. The molecule has 0 atom stereocenters. The maximum atomic E-state index is 5.54. The zero-order chi connectivity index (χ0) is 10.2. The van der Waals surface area contributed by atoms with Gasteiger partial charge in [0.2, 0.25) is 0 Å². The van der Waals surface area contributed by atoms with Crippen molar-refractivity contribution in [2.75, 3.05) is 18.1 Å². The van der Waals surface area contributed by atoms with Crippen molar-refractivity contribution in [3.05, 3.63) is 12.4 Å². The summed E-state index contributed by atoms with van der Waals surface area (Å²) in [4.78, 5) is 0. The van der Waals surface area contributed by atoms with E-state index in [0.717, 1.165) is 25.3 Å². The van der Waals surface area contributed by atoms with E-state index in [1.165, 1.54) is 11.5 Å². The average molecular weight is 214 g/mol. The molecule has 0 aliphatic carbocycles. The monoisotopic (exact) mass is 214 g/mol. The fourth-order valence-corrected chi connectivity index (χ4v) is 1.70. The van der Waals surface area contributed by atoms with Crippen LogP contribution in [0.3, 0.4) is 0 Å². The summed E-state index contributed by atoms with van der Waals surface area (Å²) < 4.78 is 7.41. The van der Waals surface area contributed by atoms with Crippen molar-refractivity contribution >= 4 is 11.8 Å². The lowest BCUT2D eigenvalue weighted by atomic mass is 10.5. The molecule has 1 aromatic rings. The molecule has 14 heavy (non-hydrogen) atoms. The molecular weight excluding hydrogens is 196 g/mol. The molecule has 0 spiro atoms. The molecule has 1 rings (SSSR count). The van der Waals surface area contributed by atoms with E-state index in [4.69, 9.17) is 4.74 Å². The van der Waals surface area contributed by atoms with E-state index in [1.807, 2.05) is 22.6 Å². The molecule has 0 aromatic carbocycles. The Balaban J connectivity index is 2.12. The Bertz CT molecular complexity index is 250. The Morgan fingerprint density at radius 3 is 3.00 bits per heavy atom. The molecule has 0 fully saturated rings. The van der Waals surface area contributed by atoms with Crippen LogP contribution in [-0.2, 0) is 6.54 Å². The second-order valence-electron chi connectivity index (χ2n) is 2.93. The summed E-state index contributed by atoms with van der Waals surface area (Å²) in [5.74, 6) is 3.25. The Morgan fingerprint density at radius 1 is 1.50 bits per heavy atom. The fraction of sp³-hybridized carbons (Fsp3) is 0.700. The average Bonchev–Trinajstić information content (AvgIpc) is 2.65. The largest absolute Gasteiger partial charge is 0.490 e. The lowest BCUT2D eigenvalue weighted by Crippen LogP contribution is -1.98. The van der Waals surface area contributed by atoms with Gasteiger partial charge in [0.15, 0.2) is 5.75 Å². The number of aryl methyl sites for hydroxylation is 1. The molecule has 0 saturated carbocycles. The summed E-state index contributed by atoms with van der Waals surface area (Å²) in [6.07, 6.45) is 4.82. The smallest absolute Gasteiger partial charge is 0.157 e. The molecule has 0 radical (unpaired) electrons. The predicted molar refractivity (Wildman–Crippen MR) is 61.0 cm³/mol. The van der Waals surface area contributed by atoms with Crippen LogP contribution in [0.15, 0.2) is 12.4 Å². The maximum absolute atomic E-state index is 5.54. The van der Waals surface area contributed by atoms with E-state index >= 15 is 0 Å².